The van der Waals surface area contributed by atoms with Crippen LogP contribution in [0.2, 0.25) is 0 Å². The molecule has 2 fully saturated rings. The van der Waals surface area contributed by atoms with E-state index in [-0.39, 0.29) is 6.10 Å². The van der Waals surface area contributed by atoms with E-state index in [2.05, 4.69) is 23.9 Å². The normalized spacial score (nSPS) is 38.8. The molecule has 1 aliphatic carbocycles. The minimum atomic E-state index is -0.0397. The second kappa shape index (κ2) is 4.81. The van der Waals surface area contributed by atoms with Crippen LogP contribution in [0.3, 0.4) is 0 Å². The fourth-order valence-electron chi connectivity index (χ4n) is 2.99. The Labute approximate surface area is 93.1 Å². The third-order valence-corrected chi connectivity index (χ3v) is 4.06. The maximum atomic E-state index is 9.68. The summed E-state index contributed by atoms with van der Waals surface area (Å²) >= 11 is 0. The molecule has 0 aromatic rings. The van der Waals surface area contributed by atoms with Crippen molar-refractivity contribution in [3.63, 3.8) is 0 Å². The number of aliphatic hydroxyl groups excluding tert-OH is 1. The van der Waals surface area contributed by atoms with Gasteiger partial charge in [0.25, 0.3) is 0 Å². The highest BCUT2D eigenvalue weighted by molar-refractivity contribution is 4.88. The van der Waals surface area contributed by atoms with Gasteiger partial charge in [-0.25, -0.2) is 0 Å². The molecule has 15 heavy (non-hydrogen) atoms. The molecule has 2 aliphatic rings. The van der Waals surface area contributed by atoms with Crippen LogP contribution in [0.4, 0.5) is 0 Å². The zero-order valence-electron chi connectivity index (χ0n) is 10.0. The molecule has 0 amide bonds. The molecule has 1 saturated carbocycles. The molecule has 1 aliphatic heterocycles. The Bertz CT molecular complexity index is 208. The van der Waals surface area contributed by atoms with Crippen LogP contribution < -0.4 is 0 Å². The van der Waals surface area contributed by atoms with Crippen molar-refractivity contribution in [3.05, 3.63) is 0 Å². The molecule has 3 nitrogen and oxygen atoms in total. The third kappa shape index (κ3) is 2.71. The zero-order chi connectivity index (χ0) is 10.8. The first-order chi connectivity index (χ1) is 7.16. The predicted molar refractivity (Wildman–Crippen MR) is 61.9 cm³/mol. The Hall–Kier alpha value is -0.120. The van der Waals surface area contributed by atoms with Gasteiger partial charge in [0.05, 0.1) is 6.10 Å². The van der Waals surface area contributed by atoms with Gasteiger partial charge in [0.15, 0.2) is 0 Å². The highest BCUT2D eigenvalue weighted by Gasteiger charge is 2.31. The van der Waals surface area contributed by atoms with Crippen molar-refractivity contribution in [2.45, 2.75) is 50.3 Å². The minimum absolute atomic E-state index is 0.0397. The molecule has 1 heterocycles. The van der Waals surface area contributed by atoms with Gasteiger partial charge in [-0.05, 0) is 46.2 Å². The Balaban J connectivity index is 1.84. The lowest BCUT2D eigenvalue weighted by atomic mass is 9.92. The molecule has 3 heteroatoms. The molecule has 0 aromatic heterocycles. The number of likely N-dealkylation sites (tertiary alicyclic amines) is 1. The number of likely N-dealkylation sites (N-methyl/N-ethyl adjacent to an activating group) is 1. The first kappa shape index (κ1) is 11.4. The lowest BCUT2D eigenvalue weighted by molar-refractivity contribution is 0.0695. The van der Waals surface area contributed by atoms with Crippen LogP contribution in [0.5, 0.6) is 0 Å². The summed E-state index contributed by atoms with van der Waals surface area (Å²) in [4.78, 5) is 4.92. The van der Waals surface area contributed by atoms with E-state index in [0.29, 0.717) is 6.04 Å². The summed E-state index contributed by atoms with van der Waals surface area (Å²) in [5.41, 5.74) is 0. The first-order valence-corrected chi connectivity index (χ1v) is 6.25. The van der Waals surface area contributed by atoms with E-state index in [1.807, 2.05) is 0 Å². The van der Waals surface area contributed by atoms with Crippen LogP contribution in [0.15, 0.2) is 0 Å². The van der Waals surface area contributed by atoms with E-state index in [0.717, 1.165) is 18.9 Å². The van der Waals surface area contributed by atoms with Gasteiger partial charge in [-0.1, -0.05) is 0 Å². The Morgan fingerprint density at radius 1 is 1.20 bits per heavy atom. The lowest BCUT2D eigenvalue weighted by Crippen LogP contribution is -2.40. The van der Waals surface area contributed by atoms with Crippen molar-refractivity contribution >= 4 is 0 Å². The average Bonchev–Trinajstić information content (AvgIpc) is 2.66. The van der Waals surface area contributed by atoms with Crippen LogP contribution in [0.1, 0.15) is 32.1 Å². The van der Waals surface area contributed by atoms with Crippen LogP contribution >= 0.6 is 0 Å². The molecule has 0 spiro atoms. The minimum Gasteiger partial charge on any atom is -0.393 e. The zero-order valence-corrected chi connectivity index (χ0v) is 10.0. The predicted octanol–water partition coefficient (Wildman–Crippen LogP) is 0.926. The lowest BCUT2D eigenvalue weighted by Gasteiger charge is -2.33. The standard InChI is InChI=1S/C12H24N2O/c1-13(2)11-6-7-14(9-11)10-4-3-5-12(15)8-10/h10-12,15H,3-9H2,1-2H3. The summed E-state index contributed by atoms with van der Waals surface area (Å²) in [5, 5.41) is 9.68. The monoisotopic (exact) mass is 212 g/mol. The Morgan fingerprint density at radius 3 is 2.60 bits per heavy atom. The molecule has 1 N–H and O–H groups in total. The second-order valence-electron chi connectivity index (χ2n) is 5.38. The summed E-state index contributed by atoms with van der Waals surface area (Å²) in [6, 6.07) is 1.38. The van der Waals surface area contributed by atoms with Gasteiger partial charge in [-0.3, -0.25) is 4.90 Å². The number of nitrogens with zero attached hydrogens (tertiary/aromatic N) is 2. The van der Waals surface area contributed by atoms with Crippen molar-refractivity contribution < 1.29 is 5.11 Å². The van der Waals surface area contributed by atoms with Crippen molar-refractivity contribution in [2.24, 2.45) is 0 Å². The number of hydrogen-bond donors (Lipinski definition) is 1. The van der Waals surface area contributed by atoms with Crippen LogP contribution in [0.25, 0.3) is 0 Å². The van der Waals surface area contributed by atoms with Gasteiger partial charge < -0.3 is 10.0 Å². The SMILES string of the molecule is CN(C)C1CCN(C2CCCC(O)C2)C1. The second-order valence-corrected chi connectivity index (χ2v) is 5.38. The summed E-state index contributed by atoms with van der Waals surface area (Å²) in [7, 11) is 4.34. The van der Waals surface area contributed by atoms with Gasteiger partial charge >= 0.3 is 0 Å². The third-order valence-electron chi connectivity index (χ3n) is 4.06. The van der Waals surface area contributed by atoms with Crippen LogP contribution in [0, 0.1) is 0 Å². The van der Waals surface area contributed by atoms with E-state index in [1.165, 1.54) is 32.4 Å². The highest BCUT2D eigenvalue weighted by atomic mass is 16.3. The molecule has 3 unspecified atom stereocenters. The van der Waals surface area contributed by atoms with Crippen LogP contribution in [-0.2, 0) is 0 Å². The number of rotatable bonds is 2. The fourth-order valence-corrected chi connectivity index (χ4v) is 2.99. The molecule has 88 valence electrons. The summed E-state index contributed by atoms with van der Waals surface area (Å²) in [6.07, 6.45) is 5.76. The summed E-state index contributed by atoms with van der Waals surface area (Å²) in [6.45, 7) is 2.42. The fraction of sp³-hybridized carbons (Fsp3) is 1.00. The van der Waals surface area contributed by atoms with E-state index in [9.17, 15) is 5.11 Å². The number of hydrogen-bond acceptors (Lipinski definition) is 3. The summed E-state index contributed by atoms with van der Waals surface area (Å²) < 4.78 is 0. The Morgan fingerprint density at radius 2 is 2.00 bits per heavy atom. The van der Waals surface area contributed by atoms with Crippen molar-refractivity contribution in [2.75, 3.05) is 27.2 Å². The molecule has 0 bridgehead atoms. The topological polar surface area (TPSA) is 26.7 Å². The molecule has 1 saturated heterocycles. The van der Waals surface area contributed by atoms with E-state index < -0.39 is 0 Å². The number of aliphatic hydroxyl groups is 1. The molecule has 0 aromatic carbocycles. The Kier molecular flexibility index (Phi) is 3.65. The molecular formula is C12H24N2O. The molecule has 3 atom stereocenters. The van der Waals surface area contributed by atoms with Gasteiger partial charge in [0, 0.05) is 25.2 Å². The molecular weight excluding hydrogens is 188 g/mol. The quantitative estimate of drug-likeness (QED) is 0.737. The van der Waals surface area contributed by atoms with E-state index >= 15 is 0 Å². The smallest absolute Gasteiger partial charge is 0.0555 e. The van der Waals surface area contributed by atoms with Gasteiger partial charge in [-0.2, -0.15) is 0 Å². The summed E-state index contributed by atoms with van der Waals surface area (Å²) in [5.74, 6) is 0. The highest BCUT2D eigenvalue weighted by Crippen LogP contribution is 2.26. The molecule has 0 radical (unpaired) electrons. The maximum Gasteiger partial charge on any atom is 0.0555 e. The van der Waals surface area contributed by atoms with Crippen LogP contribution in [-0.4, -0.2) is 60.3 Å². The average molecular weight is 212 g/mol. The van der Waals surface area contributed by atoms with Crippen molar-refractivity contribution in [1.29, 1.82) is 0 Å². The first-order valence-electron chi connectivity index (χ1n) is 6.25. The van der Waals surface area contributed by atoms with Gasteiger partial charge in [-0.15, -0.1) is 0 Å². The van der Waals surface area contributed by atoms with Crippen molar-refractivity contribution in [1.82, 2.24) is 9.80 Å². The maximum absolute atomic E-state index is 9.68. The van der Waals surface area contributed by atoms with E-state index in [4.69, 9.17) is 0 Å². The van der Waals surface area contributed by atoms with Gasteiger partial charge in [0.2, 0.25) is 0 Å². The largest absolute Gasteiger partial charge is 0.393 e. The molecule has 2 rings (SSSR count). The van der Waals surface area contributed by atoms with Crippen molar-refractivity contribution in [3.8, 4) is 0 Å². The van der Waals surface area contributed by atoms with E-state index in [1.54, 1.807) is 0 Å². The van der Waals surface area contributed by atoms with Gasteiger partial charge in [0.1, 0.15) is 0 Å².